The molecule has 0 amide bonds. The van der Waals surface area contributed by atoms with Crippen molar-refractivity contribution in [1.82, 2.24) is 0 Å². The van der Waals surface area contributed by atoms with E-state index in [2.05, 4.69) is 11.0 Å². The molecule has 0 bridgehead atoms. The minimum atomic E-state index is -0.463. The van der Waals surface area contributed by atoms with Gasteiger partial charge in [0.25, 0.3) is 0 Å². The molecule has 90 valence electrons. The van der Waals surface area contributed by atoms with Crippen LogP contribution in [0.2, 0.25) is 0 Å². The molecular formula is C14H18N2O. The van der Waals surface area contributed by atoms with Crippen LogP contribution in [0.4, 0.5) is 5.69 Å². The fourth-order valence-corrected chi connectivity index (χ4v) is 2.16. The summed E-state index contributed by atoms with van der Waals surface area (Å²) in [6, 6.07) is 10.7. The molecule has 2 rings (SSSR count). The van der Waals surface area contributed by atoms with E-state index in [9.17, 15) is 5.11 Å². The Balaban J connectivity index is 2.25. The van der Waals surface area contributed by atoms with E-state index in [1.54, 1.807) is 6.92 Å². The smallest absolute Gasteiger partial charge is 0.0781 e. The minimum Gasteiger partial charge on any atom is -0.389 e. The normalized spacial score (nSPS) is 16.3. The SMILES string of the molecule is C[C@@H](O)c1ccccc1N(CCC#N)C1CC1. The first kappa shape index (κ1) is 11.9. The van der Waals surface area contributed by atoms with Crippen LogP contribution < -0.4 is 4.90 Å². The van der Waals surface area contributed by atoms with Gasteiger partial charge in [0, 0.05) is 23.8 Å². The maximum atomic E-state index is 9.79. The molecule has 0 spiro atoms. The second kappa shape index (κ2) is 5.20. The molecular weight excluding hydrogens is 212 g/mol. The van der Waals surface area contributed by atoms with E-state index in [1.807, 2.05) is 24.3 Å². The molecule has 0 radical (unpaired) electrons. The zero-order valence-corrected chi connectivity index (χ0v) is 10.1. The zero-order valence-electron chi connectivity index (χ0n) is 10.1. The van der Waals surface area contributed by atoms with Crippen molar-refractivity contribution in [1.29, 1.82) is 5.26 Å². The van der Waals surface area contributed by atoms with Crippen molar-refractivity contribution < 1.29 is 5.11 Å². The molecule has 3 nitrogen and oxygen atoms in total. The van der Waals surface area contributed by atoms with Crippen LogP contribution in [0.5, 0.6) is 0 Å². The van der Waals surface area contributed by atoms with Gasteiger partial charge < -0.3 is 10.0 Å². The maximum Gasteiger partial charge on any atom is 0.0781 e. The van der Waals surface area contributed by atoms with E-state index in [1.165, 1.54) is 12.8 Å². The highest BCUT2D eigenvalue weighted by atomic mass is 16.3. The van der Waals surface area contributed by atoms with Gasteiger partial charge >= 0.3 is 0 Å². The molecule has 1 atom stereocenters. The molecule has 3 heteroatoms. The van der Waals surface area contributed by atoms with Crippen molar-refractivity contribution in [2.24, 2.45) is 0 Å². The molecule has 1 N–H and O–H groups in total. The maximum absolute atomic E-state index is 9.79. The number of para-hydroxylation sites is 1. The molecule has 1 aliphatic carbocycles. The molecule has 17 heavy (non-hydrogen) atoms. The van der Waals surface area contributed by atoms with Gasteiger partial charge in [-0.25, -0.2) is 0 Å². The second-order valence-corrected chi connectivity index (χ2v) is 4.57. The average Bonchev–Trinajstić information content (AvgIpc) is 3.14. The first-order valence-corrected chi connectivity index (χ1v) is 6.14. The second-order valence-electron chi connectivity index (χ2n) is 4.57. The fourth-order valence-electron chi connectivity index (χ4n) is 2.16. The Hall–Kier alpha value is -1.53. The van der Waals surface area contributed by atoms with Gasteiger partial charge in [0.2, 0.25) is 0 Å². The Kier molecular flexibility index (Phi) is 3.65. The van der Waals surface area contributed by atoms with E-state index in [0.717, 1.165) is 17.8 Å². The van der Waals surface area contributed by atoms with Crippen LogP contribution in [0.15, 0.2) is 24.3 Å². The van der Waals surface area contributed by atoms with Crippen molar-refractivity contribution in [2.45, 2.75) is 38.3 Å². The minimum absolute atomic E-state index is 0.463. The number of hydrogen-bond donors (Lipinski definition) is 1. The summed E-state index contributed by atoms with van der Waals surface area (Å²) in [5, 5.41) is 18.5. The Morgan fingerprint density at radius 1 is 1.47 bits per heavy atom. The Labute approximate surface area is 102 Å². The summed E-state index contributed by atoms with van der Waals surface area (Å²) in [4.78, 5) is 2.27. The van der Waals surface area contributed by atoms with Gasteiger partial charge in [-0.3, -0.25) is 0 Å². The van der Waals surface area contributed by atoms with Gasteiger partial charge in [-0.1, -0.05) is 18.2 Å². The van der Waals surface area contributed by atoms with Gasteiger partial charge in [0.1, 0.15) is 0 Å². The average molecular weight is 230 g/mol. The highest BCUT2D eigenvalue weighted by Crippen LogP contribution is 2.35. The summed E-state index contributed by atoms with van der Waals surface area (Å²) >= 11 is 0. The van der Waals surface area contributed by atoms with Crippen LogP contribution in [0.25, 0.3) is 0 Å². The summed E-state index contributed by atoms with van der Waals surface area (Å²) in [5.74, 6) is 0. The Morgan fingerprint density at radius 2 is 2.18 bits per heavy atom. The van der Waals surface area contributed by atoms with Crippen LogP contribution in [0, 0.1) is 11.3 Å². The monoisotopic (exact) mass is 230 g/mol. The highest BCUT2D eigenvalue weighted by molar-refractivity contribution is 5.56. The molecule has 1 aliphatic rings. The predicted octanol–water partition coefficient (Wildman–Crippen LogP) is 2.62. The standard InChI is InChI=1S/C14H18N2O/c1-11(17)13-5-2-3-6-14(13)16(10-4-9-15)12-7-8-12/h2-3,5-6,11-12,17H,4,7-8,10H2,1H3/t11-/m1/s1. The van der Waals surface area contributed by atoms with Gasteiger partial charge in [-0.2, -0.15) is 5.26 Å². The van der Waals surface area contributed by atoms with Crippen LogP contribution in [-0.2, 0) is 0 Å². The first-order chi connectivity index (χ1) is 8.24. The van der Waals surface area contributed by atoms with Crippen molar-refractivity contribution in [2.75, 3.05) is 11.4 Å². The van der Waals surface area contributed by atoms with E-state index in [0.29, 0.717) is 12.5 Å². The lowest BCUT2D eigenvalue weighted by molar-refractivity contribution is 0.199. The van der Waals surface area contributed by atoms with Gasteiger partial charge in [0.15, 0.2) is 0 Å². The van der Waals surface area contributed by atoms with Crippen LogP contribution in [-0.4, -0.2) is 17.7 Å². The summed E-state index contributed by atoms with van der Waals surface area (Å²) < 4.78 is 0. The third-order valence-electron chi connectivity index (χ3n) is 3.15. The van der Waals surface area contributed by atoms with Crippen LogP contribution in [0.1, 0.15) is 37.9 Å². The molecule has 1 aromatic rings. The Bertz CT molecular complexity index is 418. The molecule has 1 saturated carbocycles. The fraction of sp³-hybridized carbons (Fsp3) is 0.500. The number of aliphatic hydroxyl groups is 1. The molecule has 0 heterocycles. The summed E-state index contributed by atoms with van der Waals surface area (Å²) in [6.45, 7) is 2.54. The number of anilines is 1. The van der Waals surface area contributed by atoms with Crippen molar-refractivity contribution >= 4 is 5.69 Å². The lowest BCUT2D eigenvalue weighted by Gasteiger charge is -2.27. The molecule has 0 saturated heterocycles. The number of hydrogen-bond acceptors (Lipinski definition) is 3. The summed E-state index contributed by atoms with van der Waals surface area (Å²) in [6.07, 6.45) is 2.46. The topological polar surface area (TPSA) is 47.3 Å². The number of nitrogens with zero attached hydrogens (tertiary/aromatic N) is 2. The molecule has 1 fully saturated rings. The third-order valence-corrected chi connectivity index (χ3v) is 3.15. The van der Waals surface area contributed by atoms with Gasteiger partial charge in [0.05, 0.1) is 18.6 Å². The van der Waals surface area contributed by atoms with Crippen molar-refractivity contribution in [3.63, 3.8) is 0 Å². The first-order valence-electron chi connectivity index (χ1n) is 6.14. The van der Waals surface area contributed by atoms with E-state index >= 15 is 0 Å². The number of aliphatic hydroxyl groups excluding tert-OH is 1. The van der Waals surface area contributed by atoms with E-state index in [4.69, 9.17) is 5.26 Å². The quantitative estimate of drug-likeness (QED) is 0.845. The number of rotatable bonds is 5. The molecule has 1 aromatic carbocycles. The number of benzene rings is 1. The van der Waals surface area contributed by atoms with Crippen LogP contribution in [0.3, 0.4) is 0 Å². The predicted molar refractivity (Wildman–Crippen MR) is 67.7 cm³/mol. The van der Waals surface area contributed by atoms with Gasteiger partial charge in [-0.05, 0) is 25.8 Å². The van der Waals surface area contributed by atoms with Gasteiger partial charge in [-0.15, -0.1) is 0 Å². The summed E-state index contributed by atoms with van der Waals surface area (Å²) in [7, 11) is 0. The molecule has 0 unspecified atom stereocenters. The van der Waals surface area contributed by atoms with E-state index in [-0.39, 0.29) is 0 Å². The zero-order chi connectivity index (χ0) is 12.3. The van der Waals surface area contributed by atoms with E-state index < -0.39 is 6.10 Å². The number of nitriles is 1. The lowest BCUT2D eigenvalue weighted by Crippen LogP contribution is -2.27. The Morgan fingerprint density at radius 3 is 2.76 bits per heavy atom. The molecule has 0 aromatic heterocycles. The lowest BCUT2D eigenvalue weighted by atomic mass is 10.1. The summed E-state index contributed by atoms with van der Waals surface area (Å²) in [5.41, 5.74) is 2.04. The largest absolute Gasteiger partial charge is 0.389 e. The van der Waals surface area contributed by atoms with Crippen LogP contribution >= 0.6 is 0 Å². The highest BCUT2D eigenvalue weighted by Gasteiger charge is 2.30. The third kappa shape index (κ3) is 2.78. The van der Waals surface area contributed by atoms with Crippen molar-refractivity contribution in [3.05, 3.63) is 29.8 Å². The van der Waals surface area contributed by atoms with Crippen molar-refractivity contribution in [3.8, 4) is 6.07 Å². The molecule has 0 aliphatic heterocycles.